The van der Waals surface area contributed by atoms with E-state index in [1.807, 2.05) is 16.7 Å². The molecule has 1 amide bonds. The van der Waals surface area contributed by atoms with Gasteiger partial charge in [-0.05, 0) is 64.5 Å². The van der Waals surface area contributed by atoms with Crippen LogP contribution in [0.3, 0.4) is 0 Å². The summed E-state index contributed by atoms with van der Waals surface area (Å²) in [7, 11) is 0. The molecular formula is C19H16BrF3N2OS. The number of amides is 1. The second-order valence-corrected chi connectivity index (χ2v) is 9.23. The molecule has 4 rings (SSSR count). The summed E-state index contributed by atoms with van der Waals surface area (Å²) in [5.41, 5.74) is 1.28. The molecule has 3 nitrogen and oxygen atoms in total. The second-order valence-electron chi connectivity index (χ2n) is 6.76. The number of alkyl halides is 3. The van der Waals surface area contributed by atoms with Crippen LogP contribution in [0.15, 0.2) is 40.2 Å². The summed E-state index contributed by atoms with van der Waals surface area (Å²) >= 11 is 5.04. The van der Waals surface area contributed by atoms with Gasteiger partial charge in [0.15, 0.2) is 0 Å². The van der Waals surface area contributed by atoms with Crippen LogP contribution in [-0.2, 0) is 19.3 Å². The lowest BCUT2D eigenvalue weighted by molar-refractivity contribution is -0.137. The van der Waals surface area contributed by atoms with Crippen LogP contribution in [0.5, 0.6) is 0 Å². The normalized spacial score (nSPS) is 14.7. The third-order valence-corrected chi connectivity index (χ3v) is 6.21. The Labute approximate surface area is 166 Å². The lowest BCUT2D eigenvalue weighted by Gasteiger charge is -2.12. The Balaban J connectivity index is 1.54. The van der Waals surface area contributed by atoms with Crippen molar-refractivity contribution >= 4 is 43.4 Å². The zero-order chi connectivity index (χ0) is 19.2. The average Bonchev–Trinajstić information content (AvgIpc) is 3.27. The first-order chi connectivity index (χ1) is 12.8. The number of thiophene rings is 1. The van der Waals surface area contributed by atoms with Crippen molar-refractivity contribution in [2.75, 3.05) is 0 Å². The number of hydrogen-bond acceptors (Lipinski definition) is 2. The quantitative estimate of drug-likeness (QED) is 0.515. The molecule has 8 heteroatoms. The van der Waals surface area contributed by atoms with Gasteiger partial charge in [0.1, 0.15) is 5.69 Å². The Bertz CT molecular complexity index is 1000. The summed E-state index contributed by atoms with van der Waals surface area (Å²) in [4.78, 5) is 12.7. The number of fused-ring (bicyclic) bond motifs is 1. The molecule has 0 unspecified atom stereocenters. The maximum absolute atomic E-state index is 12.8. The monoisotopic (exact) mass is 456 g/mol. The summed E-state index contributed by atoms with van der Waals surface area (Å²) in [6.45, 7) is 0.841. The van der Waals surface area contributed by atoms with Crippen molar-refractivity contribution in [1.29, 1.82) is 0 Å². The van der Waals surface area contributed by atoms with Gasteiger partial charge in [0.2, 0.25) is 0 Å². The largest absolute Gasteiger partial charge is 0.416 e. The highest BCUT2D eigenvalue weighted by atomic mass is 79.9. The minimum absolute atomic E-state index is 0.0503. The Hall–Kier alpha value is -1.80. The van der Waals surface area contributed by atoms with Crippen molar-refractivity contribution in [3.05, 3.63) is 57.0 Å². The lowest BCUT2D eigenvalue weighted by atomic mass is 10.1. The molecular weight excluding hydrogens is 441 g/mol. The summed E-state index contributed by atoms with van der Waals surface area (Å²) in [6, 6.07) is 8.89. The van der Waals surface area contributed by atoms with Gasteiger partial charge in [-0.3, -0.25) is 4.79 Å². The molecule has 0 spiro atoms. The standard InChI is InChI=1S/C19H16BrF3N2OS/c20-17-8-14-16(27-17)7-15(25(14)10-11-4-5-11)18(26)24-9-12-2-1-3-13(6-12)19(21,22)23/h1-3,6-8,11H,4-5,9-10H2,(H,24,26). The van der Waals surface area contributed by atoms with Crippen LogP contribution < -0.4 is 5.32 Å². The van der Waals surface area contributed by atoms with Crippen molar-refractivity contribution in [3.63, 3.8) is 0 Å². The van der Waals surface area contributed by atoms with E-state index in [0.29, 0.717) is 17.2 Å². The number of nitrogens with zero attached hydrogens (tertiary/aromatic N) is 1. The fraction of sp³-hybridized carbons (Fsp3) is 0.316. The number of nitrogens with one attached hydrogen (secondary N) is 1. The van der Waals surface area contributed by atoms with Crippen LogP contribution in [0.4, 0.5) is 13.2 Å². The molecule has 1 N–H and O–H groups in total. The van der Waals surface area contributed by atoms with E-state index in [9.17, 15) is 18.0 Å². The molecule has 1 saturated carbocycles. The number of carbonyl (C=O) groups excluding carboxylic acids is 1. The highest BCUT2D eigenvalue weighted by Crippen LogP contribution is 2.37. The van der Waals surface area contributed by atoms with Crippen LogP contribution in [0.1, 0.15) is 34.5 Å². The number of aromatic nitrogens is 1. The zero-order valence-corrected chi connectivity index (χ0v) is 16.5. The van der Waals surface area contributed by atoms with Gasteiger partial charge in [0.05, 0.1) is 19.6 Å². The van der Waals surface area contributed by atoms with Gasteiger partial charge in [-0.1, -0.05) is 12.1 Å². The molecule has 1 fully saturated rings. The number of rotatable bonds is 5. The van der Waals surface area contributed by atoms with E-state index in [4.69, 9.17) is 0 Å². The molecule has 2 heterocycles. The molecule has 1 aromatic carbocycles. The first kappa shape index (κ1) is 18.6. The Morgan fingerprint density at radius 1 is 1.26 bits per heavy atom. The molecule has 2 aromatic heterocycles. The van der Waals surface area contributed by atoms with E-state index in [1.165, 1.54) is 6.07 Å². The maximum Gasteiger partial charge on any atom is 0.416 e. The molecule has 0 bridgehead atoms. The Morgan fingerprint density at radius 3 is 2.74 bits per heavy atom. The van der Waals surface area contributed by atoms with E-state index in [0.717, 1.165) is 45.5 Å². The smallest absolute Gasteiger partial charge is 0.347 e. The van der Waals surface area contributed by atoms with E-state index in [-0.39, 0.29) is 12.5 Å². The average molecular weight is 457 g/mol. The lowest BCUT2D eigenvalue weighted by Crippen LogP contribution is -2.26. The number of benzene rings is 1. The number of hydrogen-bond donors (Lipinski definition) is 1. The SMILES string of the molecule is O=C(NCc1cccc(C(F)(F)F)c1)c1cc2sc(Br)cc2n1CC1CC1. The fourth-order valence-corrected chi connectivity index (χ4v) is 4.65. The summed E-state index contributed by atoms with van der Waals surface area (Å²) < 4.78 is 42.6. The molecule has 1 aliphatic carbocycles. The van der Waals surface area contributed by atoms with Gasteiger partial charge in [-0.15, -0.1) is 11.3 Å². The first-order valence-corrected chi connectivity index (χ1v) is 10.1. The highest BCUT2D eigenvalue weighted by molar-refractivity contribution is 9.11. The van der Waals surface area contributed by atoms with Crippen molar-refractivity contribution in [2.45, 2.75) is 32.1 Å². The predicted octanol–water partition coefficient (Wildman–Crippen LogP) is 5.82. The minimum atomic E-state index is -4.39. The van der Waals surface area contributed by atoms with Gasteiger partial charge >= 0.3 is 6.18 Å². The van der Waals surface area contributed by atoms with Gasteiger partial charge < -0.3 is 9.88 Å². The first-order valence-electron chi connectivity index (χ1n) is 8.54. The molecule has 1 aliphatic rings. The third-order valence-electron chi connectivity index (χ3n) is 4.64. The van der Waals surface area contributed by atoms with Crippen LogP contribution in [0.2, 0.25) is 0 Å². The van der Waals surface area contributed by atoms with Crippen LogP contribution in [0, 0.1) is 5.92 Å². The summed E-state index contributed by atoms with van der Waals surface area (Å²) in [5.74, 6) is 0.321. The minimum Gasteiger partial charge on any atom is -0.347 e. The molecule has 0 saturated heterocycles. The van der Waals surface area contributed by atoms with Gasteiger partial charge in [0, 0.05) is 13.1 Å². The van der Waals surface area contributed by atoms with Crippen molar-refractivity contribution in [2.24, 2.45) is 5.92 Å². The third kappa shape index (κ3) is 4.06. The van der Waals surface area contributed by atoms with Crippen LogP contribution in [-0.4, -0.2) is 10.5 Å². The van der Waals surface area contributed by atoms with Crippen molar-refractivity contribution < 1.29 is 18.0 Å². The Kier molecular flexibility index (Phi) is 4.80. The van der Waals surface area contributed by atoms with Crippen LogP contribution >= 0.6 is 27.3 Å². The fourth-order valence-electron chi connectivity index (χ4n) is 3.09. The summed E-state index contributed by atoms with van der Waals surface area (Å²) in [6.07, 6.45) is -2.07. The number of halogens is 4. The maximum atomic E-state index is 12.8. The zero-order valence-electron chi connectivity index (χ0n) is 14.1. The van der Waals surface area contributed by atoms with E-state index in [2.05, 4.69) is 21.2 Å². The summed E-state index contributed by atoms with van der Waals surface area (Å²) in [5, 5.41) is 2.76. The topological polar surface area (TPSA) is 34.0 Å². The second kappa shape index (κ2) is 6.98. The van der Waals surface area contributed by atoms with E-state index in [1.54, 1.807) is 17.4 Å². The van der Waals surface area contributed by atoms with E-state index >= 15 is 0 Å². The molecule has 142 valence electrons. The van der Waals surface area contributed by atoms with Gasteiger partial charge in [-0.25, -0.2) is 0 Å². The van der Waals surface area contributed by atoms with Gasteiger partial charge in [-0.2, -0.15) is 13.2 Å². The predicted molar refractivity (Wildman–Crippen MR) is 103 cm³/mol. The van der Waals surface area contributed by atoms with Gasteiger partial charge in [0.25, 0.3) is 5.91 Å². The van der Waals surface area contributed by atoms with Crippen molar-refractivity contribution in [1.82, 2.24) is 9.88 Å². The molecule has 0 radical (unpaired) electrons. The van der Waals surface area contributed by atoms with Crippen molar-refractivity contribution in [3.8, 4) is 0 Å². The van der Waals surface area contributed by atoms with E-state index < -0.39 is 11.7 Å². The molecule has 0 atom stereocenters. The highest BCUT2D eigenvalue weighted by Gasteiger charge is 2.30. The molecule has 27 heavy (non-hydrogen) atoms. The molecule has 0 aliphatic heterocycles. The van der Waals surface area contributed by atoms with Crippen LogP contribution in [0.25, 0.3) is 10.2 Å². The molecule has 3 aromatic rings. The number of carbonyl (C=O) groups is 1. The Morgan fingerprint density at radius 2 is 2.04 bits per heavy atom.